The van der Waals surface area contributed by atoms with Gasteiger partial charge in [-0.1, -0.05) is 18.2 Å². The number of amides is 1. The number of aromatic nitrogens is 2. The predicted molar refractivity (Wildman–Crippen MR) is 139 cm³/mol. The summed E-state index contributed by atoms with van der Waals surface area (Å²) in [5, 5.41) is 15.4. The van der Waals surface area contributed by atoms with Gasteiger partial charge in [-0.3, -0.25) is 19.6 Å². The third-order valence-electron chi connectivity index (χ3n) is 6.08. The zero-order valence-corrected chi connectivity index (χ0v) is 20.5. The van der Waals surface area contributed by atoms with Crippen LogP contribution in [0.5, 0.6) is 5.75 Å². The first-order valence-electron chi connectivity index (χ1n) is 11.8. The van der Waals surface area contributed by atoms with E-state index in [1.807, 2.05) is 55.5 Å². The van der Waals surface area contributed by atoms with Crippen LogP contribution in [-0.4, -0.2) is 82.8 Å². The molecule has 4 aromatic rings. The average molecular weight is 492 g/mol. The molecule has 0 aliphatic carbocycles. The second kappa shape index (κ2) is 10.7. The Balaban J connectivity index is 1.03. The van der Waals surface area contributed by atoms with Gasteiger partial charge in [0.1, 0.15) is 18.5 Å². The molecule has 1 fully saturated rings. The Labute approximate surface area is 208 Å². The van der Waals surface area contributed by atoms with E-state index >= 15 is 0 Å². The first kappa shape index (κ1) is 23.6. The summed E-state index contributed by atoms with van der Waals surface area (Å²) in [7, 11) is 0. The molecular formula is C26H29N5O3S. The predicted octanol–water partition coefficient (Wildman–Crippen LogP) is 3.15. The Hall–Kier alpha value is -3.11. The number of hydrogen-bond acceptors (Lipinski definition) is 8. The highest BCUT2D eigenvalue weighted by atomic mass is 32.1. The van der Waals surface area contributed by atoms with E-state index in [0.717, 1.165) is 58.1 Å². The van der Waals surface area contributed by atoms with Crippen molar-refractivity contribution in [3.63, 3.8) is 0 Å². The molecule has 182 valence electrons. The van der Waals surface area contributed by atoms with Gasteiger partial charge in [0.2, 0.25) is 5.91 Å². The molecule has 0 spiro atoms. The number of nitrogens with one attached hydrogen (secondary N) is 1. The van der Waals surface area contributed by atoms with E-state index in [-0.39, 0.29) is 12.5 Å². The lowest BCUT2D eigenvalue weighted by molar-refractivity contribution is -0.117. The minimum absolute atomic E-state index is 0.0451. The summed E-state index contributed by atoms with van der Waals surface area (Å²) in [6.07, 6.45) is 1.11. The molecule has 8 nitrogen and oxygen atoms in total. The summed E-state index contributed by atoms with van der Waals surface area (Å²) in [5.41, 5.74) is 2.54. The Morgan fingerprint density at radius 3 is 2.77 bits per heavy atom. The van der Waals surface area contributed by atoms with E-state index in [4.69, 9.17) is 4.74 Å². The van der Waals surface area contributed by atoms with Gasteiger partial charge in [0.05, 0.1) is 39.2 Å². The van der Waals surface area contributed by atoms with E-state index in [1.54, 1.807) is 17.5 Å². The summed E-state index contributed by atoms with van der Waals surface area (Å²) in [6.45, 7) is 6.25. The number of para-hydroxylation sites is 1. The molecule has 1 saturated heterocycles. The normalized spacial score (nSPS) is 15.9. The van der Waals surface area contributed by atoms with E-state index < -0.39 is 6.10 Å². The van der Waals surface area contributed by atoms with Crippen molar-refractivity contribution in [3.8, 4) is 5.75 Å². The molecule has 1 aliphatic heterocycles. The van der Waals surface area contributed by atoms with Gasteiger partial charge in [0.15, 0.2) is 0 Å². The minimum Gasteiger partial charge on any atom is -0.491 e. The maximum absolute atomic E-state index is 12.5. The Bertz CT molecular complexity index is 1320. The van der Waals surface area contributed by atoms with Gasteiger partial charge in [-0.05, 0) is 31.2 Å². The van der Waals surface area contributed by atoms with Crippen LogP contribution in [0, 0.1) is 6.92 Å². The Kier molecular flexibility index (Phi) is 7.19. The lowest BCUT2D eigenvalue weighted by Crippen LogP contribution is -2.50. The Morgan fingerprint density at radius 2 is 1.91 bits per heavy atom. The lowest BCUT2D eigenvalue weighted by Gasteiger charge is -2.35. The summed E-state index contributed by atoms with van der Waals surface area (Å²) < 4.78 is 6.94. The van der Waals surface area contributed by atoms with Crippen LogP contribution in [0.1, 0.15) is 5.01 Å². The molecule has 0 saturated carbocycles. The van der Waals surface area contributed by atoms with Crippen LogP contribution in [0.3, 0.4) is 0 Å². The number of aryl methyl sites for hydroxylation is 1. The van der Waals surface area contributed by atoms with Crippen LogP contribution in [0.15, 0.2) is 54.7 Å². The standard InChI is InChI=1S/C26H29N5O3S/c1-18-28-24-13-22(6-7-25(24)35-18)34-17-21(32)15-30-8-10-31(11-9-30)16-26(33)29-20-12-19-4-2-3-5-23(19)27-14-20/h2-7,12-14,21,32H,8-11,15-17H2,1H3,(H,29,33)/t21-/m1/s1. The van der Waals surface area contributed by atoms with Crippen molar-refractivity contribution in [2.24, 2.45) is 0 Å². The van der Waals surface area contributed by atoms with Crippen molar-refractivity contribution in [3.05, 3.63) is 59.7 Å². The van der Waals surface area contributed by atoms with Gasteiger partial charge in [0.25, 0.3) is 0 Å². The zero-order valence-electron chi connectivity index (χ0n) is 19.7. The minimum atomic E-state index is -0.585. The van der Waals surface area contributed by atoms with Crippen LogP contribution in [0.2, 0.25) is 0 Å². The third kappa shape index (κ3) is 6.12. The number of benzene rings is 2. The fraction of sp³-hybridized carbons (Fsp3) is 0.346. The molecule has 0 radical (unpaired) electrons. The highest BCUT2D eigenvalue weighted by molar-refractivity contribution is 7.18. The number of aliphatic hydroxyl groups excluding tert-OH is 1. The number of nitrogens with zero attached hydrogens (tertiary/aromatic N) is 4. The molecule has 1 atom stereocenters. The van der Waals surface area contributed by atoms with Crippen molar-refractivity contribution in [2.75, 3.05) is 51.2 Å². The number of aliphatic hydroxyl groups is 1. The fourth-order valence-electron chi connectivity index (χ4n) is 4.33. The first-order valence-corrected chi connectivity index (χ1v) is 12.6. The van der Waals surface area contributed by atoms with Gasteiger partial charge < -0.3 is 15.2 Å². The van der Waals surface area contributed by atoms with E-state index in [9.17, 15) is 9.90 Å². The number of ether oxygens (including phenoxy) is 1. The number of piperazine rings is 1. The topological polar surface area (TPSA) is 90.8 Å². The van der Waals surface area contributed by atoms with Gasteiger partial charge in [0, 0.05) is 44.2 Å². The van der Waals surface area contributed by atoms with Crippen LogP contribution in [0.25, 0.3) is 21.1 Å². The van der Waals surface area contributed by atoms with E-state index in [1.165, 1.54) is 0 Å². The number of pyridine rings is 1. The summed E-state index contributed by atoms with van der Waals surface area (Å²) in [5.74, 6) is 0.676. The number of carbonyl (C=O) groups excluding carboxylic acids is 1. The summed E-state index contributed by atoms with van der Waals surface area (Å²) >= 11 is 1.66. The van der Waals surface area contributed by atoms with Gasteiger partial charge in [-0.25, -0.2) is 4.98 Å². The highest BCUT2D eigenvalue weighted by Gasteiger charge is 2.21. The molecule has 1 aliphatic rings. The van der Waals surface area contributed by atoms with Gasteiger partial charge in [-0.15, -0.1) is 11.3 Å². The molecule has 35 heavy (non-hydrogen) atoms. The van der Waals surface area contributed by atoms with Crippen molar-refractivity contribution in [2.45, 2.75) is 13.0 Å². The van der Waals surface area contributed by atoms with Crippen molar-refractivity contribution in [1.82, 2.24) is 19.8 Å². The zero-order chi connectivity index (χ0) is 24.2. The molecule has 2 N–H and O–H groups in total. The maximum atomic E-state index is 12.5. The van der Waals surface area contributed by atoms with Crippen LogP contribution >= 0.6 is 11.3 Å². The average Bonchev–Trinajstić information content (AvgIpc) is 3.23. The van der Waals surface area contributed by atoms with Crippen LogP contribution in [-0.2, 0) is 4.79 Å². The molecule has 5 rings (SSSR count). The summed E-state index contributed by atoms with van der Waals surface area (Å²) in [4.78, 5) is 25.8. The fourth-order valence-corrected chi connectivity index (χ4v) is 5.14. The largest absolute Gasteiger partial charge is 0.491 e. The number of β-amino-alcohol motifs (C(OH)–C–C–N with tert-alkyl or cyclic N) is 1. The number of rotatable bonds is 8. The molecule has 9 heteroatoms. The molecule has 2 aromatic carbocycles. The molecule has 0 bridgehead atoms. The van der Waals surface area contributed by atoms with E-state index in [0.29, 0.717) is 18.8 Å². The number of fused-ring (bicyclic) bond motifs is 2. The molecule has 0 unspecified atom stereocenters. The second-order valence-electron chi connectivity index (χ2n) is 8.87. The highest BCUT2D eigenvalue weighted by Crippen LogP contribution is 2.25. The number of carbonyl (C=O) groups is 1. The van der Waals surface area contributed by atoms with Crippen molar-refractivity contribution >= 4 is 44.1 Å². The number of hydrogen-bond donors (Lipinski definition) is 2. The van der Waals surface area contributed by atoms with Crippen molar-refractivity contribution < 1.29 is 14.6 Å². The second-order valence-corrected chi connectivity index (χ2v) is 10.1. The smallest absolute Gasteiger partial charge is 0.238 e. The monoisotopic (exact) mass is 491 g/mol. The van der Waals surface area contributed by atoms with Crippen molar-refractivity contribution in [1.29, 1.82) is 0 Å². The quantitative estimate of drug-likeness (QED) is 0.391. The number of anilines is 1. The molecule has 2 aromatic heterocycles. The molecular weight excluding hydrogens is 462 g/mol. The summed E-state index contributed by atoms with van der Waals surface area (Å²) in [6, 6.07) is 15.6. The van der Waals surface area contributed by atoms with Crippen LogP contribution < -0.4 is 10.1 Å². The first-order chi connectivity index (χ1) is 17.0. The maximum Gasteiger partial charge on any atom is 0.238 e. The Morgan fingerprint density at radius 1 is 1.11 bits per heavy atom. The van der Waals surface area contributed by atoms with Gasteiger partial charge >= 0.3 is 0 Å². The van der Waals surface area contributed by atoms with Crippen LogP contribution in [0.4, 0.5) is 5.69 Å². The lowest BCUT2D eigenvalue weighted by atomic mass is 10.2. The van der Waals surface area contributed by atoms with Gasteiger partial charge in [-0.2, -0.15) is 0 Å². The SMILES string of the molecule is Cc1nc2cc(OC[C@H](O)CN3CCN(CC(=O)Nc4cnc5ccccc5c4)CC3)ccc2s1. The number of thiazole rings is 1. The third-order valence-corrected chi connectivity index (χ3v) is 7.04. The molecule has 1 amide bonds. The van der Waals surface area contributed by atoms with E-state index in [2.05, 4.69) is 25.1 Å². The molecule has 3 heterocycles.